The summed E-state index contributed by atoms with van der Waals surface area (Å²) in [5.74, 6) is 0.852. The van der Waals surface area contributed by atoms with Crippen molar-refractivity contribution < 1.29 is 8.42 Å². The maximum Gasteiger partial charge on any atom is 0.156 e. The summed E-state index contributed by atoms with van der Waals surface area (Å²) in [4.78, 5) is 0. The van der Waals surface area contributed by atoms with Crippen LogP contribution in [0.4, 0.5) is 5.82 Å². The van der Waals surface area contributed by atoms with Gasteiger partial charge in [-0.25, -0.2) is 8.42 Å². The number of sulfone groups is 1. The minimum absolute atomic E-state index is 0.114. The van der Waals surface area contributed by atoms with E-state index in [4.69, 9.17) is 5.73 Å². The molecule has 1 aromatic rings. The van der Waals surface area contributed by atoms with Gasteiger partial charge in [0.1, 0.15) is 5.82 Å². The van der Waals surface area contributed by atoms with Gasteiger partial charge in [0.05, 0.1) is 23.2 Å². The predicted molar refractivity (Wildman–Crippen MR) is 65.3 cm³/mol. The van der Waals surface area contributed by atoms with E-state index < -0.39 is 9.84 Å². The van der Waals surface area contributed by atoms with Crippen LogP contribution in [0.5, 0.6) is 0 Å². The van der Waals surface area contributed by atoms with Crippen LogP contribution < -0.4 is 5.73 Å². The number of hydrogen-bond donors (Lipinski definition) is 1. The zero-order chi connectivity index (χ0) is 12.0. The highest BCUT2D eigenvalue weighted by atomic mass is 32.2. The lowest BCUT2D eigenvalue weighted by Crippen LogP contribution is -2.22. The minimum Gasteiger partial charge on any atom is -0.382 e. The summed E-state index contributed by atoms with van der Waals surface area (Å²) in [5, 5.41) is 4.37. The summed E-state index contributed by atoms with van der Waals surface area (Å²) >= 11 is 0. The van der Waals surface area contributed by atoms with Gasteiger partial charge in [-0.15, -0.1) is 0 Å². The van der Waals surface area contributed by atoms with Crippen molar-refractivity contribution >= 4 is 15.7 Å². The van der Waals surface area contributed by atoms with Gasteiger partial charge in [0.25, 0.3) is 0 Å². The van der Waals surface area contributed by atoms with Crippen LogP contribution in [-0.4, -0.2) is 24.0 Å². The van der Waals surface area contributed by atoms with Crippen LogP contribution in [0, 0.1) is 0 Å². The molecule has 2 N–H and O–H groups in total. The molecule has 1 aliphatic carbocycles. The van der Waals surface area contributed by atoms with E-state index in [0.29, 0.717) is 18.3 Å². The van der Waals surface area contributed by atoms with E-state index >= 15 is 0 Å². The SMILES string of the molecule is Nc1nn(C2CCCC2)c2c1CCS(=O)(=O)C2. The van der Waals surface area contributed by atoms with Crippen molar-refractivity contribution in [2.45, 2.75) is 43.9 Å². The lowest BCUT2D eigenvalue weighted by Gasteiger charge is -2.18. The summed E-state index contributed by atoms with van der Waals surface area (Å²) in [6.07, 6.45) is 5.11. The third kappa shape index (κ3) is 1.84. The maximum absolute atomic E-state index is 11.7. The van der Waals surface area contributed by atoms with Gasteiger partial charge >= 0.3 is 0 Å². The van der Waals surface area contributed by atoms with Crippen LogP contribution in [0.15, 0.2) is 0 Å². The molecule has 2 aliphatic rings. The number of fused-ring (bicyclic) bond motifs is 1. The molecule has 0 saturated heterocycles. The van der Waals surface area contributed by atoms with Gasteiger partial charge < -0.3 is 5.73 Å². The van der Waals surface area contributed by atoms with Crippen LogP contribution in [0.1, 0.15) is 43.0 Å². The summed E-state index contributed by atoms with van der Waals surface area (Å²) in [6, 6.07) is 0.356. The third-order valence-corrected chi connectivity index (χ3v) is 5.38. The zero-order valence-electron chi connectivity index (χ0n) is 9.72. The second-order valence-electron chi connectivity index (χ2n) is 5.04. The molecule has 1 fully saturated rings. The fourth-order valence-corrected chi connectivity index (χ4v) is 4.32. The number of aromatic nitrogens is 2. The van der Waals surface area contributed by atoms with E-state index in [1.807, 2.05) is 4.68 Å². The topological polar surface area (TPSA) is 78.0 Å². The average molecular weight is 255 g/mol. The summed E-state index contributed by atoms with van der Waals surface area (Å²) < 4.78 is 25.3. The van der Waals surface area contributed by atoms with Crippen molar-refractivity contribution in [3.8, 4) is 0 Å². The second kappa shape index (κ2) is 3.73. The Morgan fingerprint density at radius 3 is 2.71 bits per heavy atom. The first-order chi connectivity index (χ1) is 8.07. The molecule has 0 radical (unpaired) electrons. The minimum atomic E-state index is -2.95. The lowest BCUT2D eigenvalue weighted by atomic mass is 10.1. The molecule has 5 nitrogen and oxygen atoms in total. The molecule has 6 heteroatoms. The highest BCUT2D eigenvalue weighted by Gasteiger charge is 2.31. The Bertz CT molecular complexity index is 541. The first-order valence-corrected chi connectivity index (χ1v) is 7.95. The van der Waals surface area contributed by atoms with Crippen LogP contribution in [0.25, 0.3) is 0 Å². The molecule has 1 saturated carbocycles. The first kappa shape index (κ1) is 11.1. The van der Waals surface area contributed by atoms with Gasteiger partial charge in [0.15, 0.2) is 9.84 Å². The van der Waals surface area contributed by atoms with Crippen molar-refractivity contribution in [1.82, 2.24) is 9.78 Å². The van der Waals surface area contributed by atoms with E-state index in [-0.39, 0.29) is 11.5 Å². The third-order valence-electron chi connectivity index (χ3n) is 3.84. The standard InChI is InChI=1S/C11H17N3O2S/c12-11-9-5-6-17(15,16)7-10(9)14(13-11)8-3-1-2-4-8/h8H,1-7H2,(H2,12,13). The number of rotatable bonds is 1. The Hall–Kier alpha value is -1.04. The second-order valence-corrected chi connectivity index (χ2v) is 7.22. The molecule has 0 unspecified atom stereocenters. The number of hydrogen-bond acceptors (Lipinski definition) is 4. The Morgan fingerprint density at radius 1 is 1.29 bits per heavy atom. The summed E-state index contributed by atoms with van der Waals surface area (Å²) in [6.45, 7) is 0. The molecule has 0 bridgehead atoms. The fourth-order valence-electron chi connectivity index (χ4n) is 2.94. The molecular formula is C11H17N3O2S. The van der Waals surface area contributed by atoms with Gasteiger partial charge in [0, 0.05) is 5.56 Å². The van der Waals surface area contributed by atoms with E-state index in [0.717, 1.165) is 24.1 Å². The van der Waals surface area contributed by atoms with Gasteiger partial charge in [-0.3, -0.25) is 4.68 Å². The Labute approximate surface area is 101 Å². The number of nitrogens with zero attached hydrogens (tertiary/aromatic N) is 2. The van der Waals surface area contributed by atoms with E-state index in [9.17, 15) is 8.42 Å². The predicted octanol–water partition coefficient (Wildman–Crippen LogP) is 1.05. The van der Waals surface area contributed by atoms with E-state index in [1.54, 1.807) is 0 Å². The van der Waals surface area contributed by atoms with E-state index in [1.165, 1.54) is 12.8 Å². The van der Waals surface area contributed by atoms with Gasteiger partial charge in [-0.2, -0.15) is 5.10 Å². The molecule has 94 valence electrons. The Morgan fingerprint density at radius 2 is 2.00 bits per heavy atom. The molecule has 0 aromatic carbocycles. The largest absolute Gasteiger partial charge is 0.382 e. The quantitative estimate of drug-likeness (QED) is 0.813. The molecule has 0 atom stereocenters. The molecule has 0 spiro atoms. The summed E-state index contributed by atoms with van der Waals surface area (Å²) in [7, 11) is -2.95. The average Bonchev–Trinajstić information content (AvgIpc) is 2.85. The first-order valence-electron chi connectivity index (χ1n) is 6.13. The van der Waals surface area contributed by atoms with Crippen molar-refractivity contribution in [2.75, 3.05) is 11.5 Å². The fraction of sp³-hybridized carbons (Fsp3) is 0.727. The highest BCUT2D eigenvalue weighted by molar-refractivity contribution is 7.90. The van der Waals surface area contributed by atoms with Crippen LogP contribution in [0.3, 0.4) is 0 Å². The van der Waals surface area contributed by atoms with Crippen molar-refractivity contribution in [2.24, 2.45) is 0 Å². The molecule has 3 rings (SSSR count). The molecule has 17 heavy (non-hydrogen) atoms. The van der Waals surface area contributed by atoms with Crippen molar-refractivity contribution in [3.63, 3.8) is 0 Å². The van der Waals surface area contributed by atoms with Crippen LogP contribution >= 0.6 is 0 Å². The number of anilines is 1. The van der Waals surface area contributed by atoms with Crippen molar-refractivity contribution in [1.29, 1.82) is 0 Å². The van der Waals surface area contributed by atoms with Crippen LogP contribution in [0.2, 0.25) is 0 Å². The van der Waals surface area contributed by atoms with Gasteiger partial charge in [-0.05, 0) is 19.3 Å². The molecular weight excluding hydrogens is 238 g/mol. The molecule has 1 aromatic heterocycles. The van der Waals surface area contributed by atoms with Gasteiger partial charge in [0.2, 0.25) is 0 Å². The lowest BCUT2D eigenvalue weighted by molar-refractivity contribution is 0.453. The normalized spacial score (nSPS) is 23.8. The molecule has 2 heterocycles. The van der Waals surface area contributed by atoms with Crippen LogP contribution in [-0.2, 0) is 22.0 Å². The maximum atomic E-state index is 11.7. The monoisotopic (exact) mass is 255 g/mol. The number of nitrogens with two attached hydrogens (primary N) is 1. The Balaban J connectivity index is 2.06. The molecule has 0 amide bonds. The Kier molecular flexibility index (Phi) is 2.43. The zero-order valence-corrected chi connectivity index (χ0v) is 10.5. The smallest absolute Gasteiger partial charge is 0.156 e. The van der Waals surface area contributed by atoms with Gasteiger partial charge in [-0.1, -0.05) is 12.8 Å². The number of nitrogen functional groups attached to an aromatic ring is 1. The van der Waals surface area contributed by atoms with E-state index in [2.05, 4.69) is 5.10 Å². The summed E-state index contributed by atoms with van der Waals surface area (Å²) in [5.41, 5.74) is 7.70. The van der Waals surface area contributed by atoms with Crippen molar-refractivity contribution in [3.05, 3.63) is 11.3 Å². The molecule has 1 aliphatic heterocycles. The highest BCUT2D eigenvalue weighted by Crippen LogP contribution is 2.34.